The normalized spacial score (nSPS) is 17.5. The molecule has 2 heterocycles. The van der Waals surface area contributed by atoms with Crippen LogP contribution < -0.4 is 10.6 Å². The van der Waals surface area contributed by atoms with Crippen molar-refractivity contribution in [3.05, 3.63) is 34.9 Å². The number of ether oxygens (including phenoxy) is 1. The molecule has 1 unspecified atom stereocenters. The van der Waals surface area contributed by atoms with Crippen LogP contribution in [0.25, 0.3) is 11.3 Å². The maximum Gasteiger partial charge on any atom is 0.259 e. The Morgan fingerprint density at radius 2 is 2.14 bits per heavy atom. The molecular formula is C20H27ClN4O3. The fourth-order valence-corrected chi connectivity index (χ4v) is 3.52. The second-order valence-corrected chi connectivity index (χ2v) is 7.44. The van der Waals surface area contributed by atoms with Crippen LogP contribution in [0.2, 0.25) is 5.02 Å². The number of piperidine rings is 1. The van der Waals surface area contributed by atoms with Gasteiger partial charge in [0.15, 0.2) is 11.6 Å². The summed E-state index contributed by atoms with van der Waals surface area (Å²) in [4.78, 5) is 15.3. The SMILES string of the molecule is COCCNc1noc(-c2ccc(Cl)cc2)c1C(=O)NCC1CCCCN1C. The Labute approximate surface area is 170 Å². The summed E-state index contributed by atoms with van der Waals surface area (Å²) in [7, 11) is 3.73. The summed E-state index contributed by atoms with van der Waals surface area (Å²) in [6.07, 6.45) is 3.49. The topological polar surface area (TPSA) is 79.6 Å². The molecule has 0 aliphatic carbocycles. The fraction of sp³-hybridized carbons (Fsp3) is 0.500. The zero-order valence-electron chi connectivity index (χ0n) is 16.3. The predicted molar refractivity (Wildman–Crippen MR) is 110 cm³/mol. The zero-order valence-corrected chi connectivity index (χ0v) is 17.1. The van der Waals surface area contributed by atoms with Gasteiger partial charge in [-0.25, -0.2) is 0 Å². The van der Waals surface area contributed by atoms with Gasteiger partial charge >= 0.3 is 0 Å². The lowest BCUT2D eigenvalue weighted by Crippen LogP contribution is -2.44. The number of carbonyl (C=O) groups is 1. The van der Waals surface area contributed by atoms with Crippen molar-refractivity contribution < 1.29 is 14.1 Å². The number of carbonyl (C=O) groups excluding carboxylic acids is 1. The van der Waals surface area contributed by atoms with E-state index in [1.807, 2.05) is 12.1 Å². The van der Waals surface area contributed by atoms with Crippen LogP contribution in [0.1, 0.15) is 29.6 Å². The molecule has 1 amide bonds. The zero-order chi connectivity index (χ0) is 19.9. The van der Waals surface area contributed by atoms with Gasteiger partial charge in [0.25, 0.3) is 5.91 Å². The highest BCUT2D eigenvalue weighted by atomic mass is 35.5. The van der Waals surface area contributed by atoms with Crippen molar-refractivity contribution >= 4 is 23.3 Å². The molecule has 1 saturated heterocycles. The van der Waals surface area contributed by atoms with Gasteiger partial charge in [-0.15, -0.1) is 0 Å². The van der Waals surface area contributed by atoms with E-state index in [1.54, 1.807) is 19.2 Å². The summed E-state index contributed by atoms with van der Waals surface area (Å²) in [5, 5.41) is 10.9. The summed E-state index contributed by atoms with van der Waals surface area (Å²) in [5.41, 5.74) is 1.15. The van der Waals surface area contributed by atoms with Crippen LogP contribution in [0, 0.1) is 0 Å². The van der Waals surface area contributed by atoms with Crippen molar-refractivity contribution in [3.63, 3.8) is 0 Å². The summed E-state index contributed by atoms with van der Waals surface area (Å²) in [6.45, 7) is 2.68. The smallest absolute Gasteiger partial charge is 0.259 e. The van der Waals surface area contributed by atoms with Crippen LogP contribution >= 0.6 is 11.6 Å². The van der Waals surface area contributed by atoms with Crippen molar-refractivity contribution in [2.45, 2.75) is 25.3 Å². The number of anilines is 1. The number of amides is 1. The molecule has 1 atom stereocenters. The first-order chi connectivity index (χ1) is 13.6. The van der Waals surface area contributed by atoms with Crippen molar-refractivity contribution in [3.8, 4) is 11.3 Å². The fourth-order valence-electron chi connectivity index (χ4n) is 3.39. The lowest BCUT2D eigenvalue weighted by atomic mass is 10.0. The molecule has 8 heteroatoms. The molecule has 1 fully saturated rings. The van der Waals surface area contributed by atoms with E-state index in [0.29, 0.717) is 47.9 Å². The van der Waals surface area contributed by atoms with E-state index in [9.17, 15) is 4.79 Å². The second-order valence-electron chi connectivity index (χ2n) is 7.00. The van der Waals surface area contributed by atoms with E-state index in [1.165, 1.54) is 12.8 Å². The Balaban J connectivity index is 1.79. The number of methoxy groups -OCH3 is 1. The highest BCUT2D eigenvalue weighted by Crippen LogP contribution is 2.30. The van der Waals surface area contributed by atoms with Gasteiger partial charge in [-0.1, -0.05) is 23.2 Å². The van der Waals surface area contributed by atoms with Crippen molar-refractivity contribution in [1.29, 1.82) is 0 Å². The highest BCUT2D eigenvalue weighted by molar-refractivity contribution is 6.30. The standard InChI is InChI=1S/C20H27ClN4O3/c1-25-11-4-3-5-16(25)13-23-20(26)17-18(14-6-8-15(21)9-7-14)28-24-19(17)22-10-12-27-2/h6-9,16H,3-5,10-13H2,1-2H3,(H,22,24)(H,23,26). The third kappa shape index (κ3) is 5.04. The van der Waals surface area contributed by atoms with Crippen LogP contribution in [0.3, 0.4) is 0 Å². The minimum atomic E-state index is -0.204. The van der Waals surface area contributed by atoms with E-state index < -0.39 is 0 Å². The van der Waals surface area contributed by atoms with Gasteiger partial charge in [-0.05, 0) is 50.7 Å². The van der Waals surface area contributed by atoms with Crippen LogP contribution in [-0.2, 0) is 4.74 Å². The molecule has 2 aromatic rings. The largest absolute Gasteiger partial charge is 0.383 e. The molecule has 1 aromatic carbocycles. The Morgan fingerprint density at radius 1 is 1.36 bits per heavy atom. The number of rotatable bonds is 8. The number of aromatic nitrogens is 1. The van der Waals surface area contributed by atoms with Crippen LogP contribution in [0.4, 0.5) is 5.82 Å². The summed E-state index contributed by atoms with van der Waals surface area (Å²) >= 11 is 5.98. The minimum Gasteiger partial charge on any atom is -0.383 e. The first-order valence-corrected chi connectivity index (χ1v) is 9.94. The monoisotopic (exact) mass is 406 g/mol. The molecule has 0 spiro atoms. The molecule has 0 bridgehead atoms. The molecule has 1 aliphatic rings. The average Bonchev–Trinajstić information content (AvgIpc) is 3.12. The number of hydrogen-bond donors (Lipinski definition) is 2. The molecule has 1 aromatic heterocycles. The quantitative estimate of drug-likeness (QED) is 0.655. The lowest BCUT2D eigenvalue weighted by Gasteiger charge is -2.32. The highest BCUT2D eigenvalue weighted by Gasteiger charge is 2.26. The molecule has 152 valence electrons. The minimum absolute atomic E-state index is 0.204. The Hall–Kier alpha value is -2.09. The maximum atomic E-state index is 13.0. The Bertz CT molecular complexity index is 778. The molecule has 7 nitrogen and oxygen atoms in total. The first-order valence-electron chi connectivity index (χ1n) is 9.57. The van der Waals surface area contributed by atoms with Gasteiger partial charge in [-0.2, -0.15) is 0 Å². The number of nitrogens with one attached hydrogen (secondary N) is 2. The molecule has 28 heavy (non-hydrogen) atoms. The molecule has 2 N–H and O–H groups in total. The summed E-state index contributed by atoms with van der Waals surface area (Å²) < 4.78 is 10.6. The van der Waals surface area contributed by atoms with E-state index in [4.69, 9.17) is 20.9 Å². The van der Waals surface area contributed by atoms with Crippen molar-refractivity contribution in [1.82, 2.24) is 15.4 Å². The molecule has 0 saturated carbocycles. The van der Waals surface area contributed by atoms with Crippen LogP contribution in [0.15, 0.2) is 28.8 Å². The van der Waals surface area contributed by atoms with Crippen molar-refractivity contribution in [2.24, 2.45) is 0 Å². The van der Waals surface area contributed by atoms with Gasteiger partial charge < -0.3 is 24.8 Å². The van der Waals surface area contributed by atoms with Gasteiger partial charge in [0.05, 0.1) is 6.61 Å². The number of likely N-dealkylation sites (tertiary alicyclic amines) is 1. The summed E-state index contributed by atoms with van der Waals surface area (Å²) in [5.74, 6) is 0.632. The van der Waals surface area contributed by atoms with E-state index >= 15 is 0 Å². The van der Waals surface area contributed by atoms with Gasteiger partial charge in [0.1, 0.15) is 5.56 Å². The molecule has 1 aliphatic heterocycles. The summed E-state index contributed by atoms with van der Waals surface area (Å²) in [6, 6.07) is 7.49. The molecular weight excluding hydrogens is 380 g/mol. The molecule has 0 radical (unpaired) electrons. The number of nitrogens with zero attached hydrogens (tertiary/aromatic N) is 2. The van der Waals surface area contributed by atoms with E-state index in [2.05, 4.69) is 27.7 Å². The number of hydrogen-bond acceptors (Lipinski definition) is 6. The molecule has 3 rings (SSSR count). The van der Waals surface area contributed by atoms with Crippen molar-refractivity contribution in [2.75, 3.05) is 45.7 Å². The Kier molecular flexibility index (Phi) is 7.30. The number of likely N-dealkylation sites (N-methyl/N-ethyl adjacent to an activating group) is 1. The third-order valence-electron chi connectivity index (χ3n) is 5.04. The van der Waals surface area contributed by atoms with Gasteiger partial charge in [0.2, 0.25) is 0 Å². The van der Waals surface area contributed by atoms with E-state index in [0.717, 1.165) is 18.5 Å². The van der Waals surface area contributed by atoms with E-state index in [-0.39, 0.29) is 5.91 Å². The van der Waals surface area contributed by atoms with Crippen LogP contribution in [-0.4, -0.2) is 62.4 Å². The van der Waals surface area contributed by atoms with Crippen LogP contribution in [0.5, 0.6) is 0 Å². The Morgan fingerprint density at radius 3 is 2.86 bits per heavy atom. The first kappa shape index (κ1) is 20.6. The number of benzene rings is 1. The van der Waals surface area contributed by atoms with Gasteiger partial charge in [0, 0.05) is 36.8 Å². The average molecular weight is 407 g/mol. The second kappa shape index (κ2) is 9.91. The van der Waals surface area contributed by atoms with Gasteiger partial charge in [-0.3, -0.25) is 4.79 Å². The maximum absolute atomic E-state index is 13.0. The number of halogens is 1. The predicted octanol–water partition coefficient (Wildman–Crippen LogP) is 3.27. The lowest BCUT2D eigenvalue weighted by molar-refractivity contribution is 0.0929. The third-order valence-corrected chi connectivity index (χ3v) is 5.30.